The number of fused-ring (bicyclic) bond motifs is 1. The summed E-state index contributed by atoms with van der Waals surface area (Å²) in [4.78, 5) is 15.4. The number of aliphatic hydroxyl groups is 1. The topological polar surface area (TPSA) is 86.4 Å². The molecule has 0 aliphatic carbocycles. The molecule has 4 rings (SSSR count). The first-order valence-electron chi connectivity index (χ1n) is 11.6. The zero-order valence-corrected chi connectivity index (χ0v) is 20.6. The highest BCUT2D eigenvalue weighted by molar-refractivity contribution is 5.98. The van der Waals surface area contributed by atoms with Crippen LogP contribution in [0.3, 0.4) is 0 Å². The highest BCUT2D eigenvalue weighted by atomic mass is 19.1. The van der Waals surface area contributed by atoms with E-state index in [1.807, 2.05) is 43.3 Å². The largest absolute Gasteiger partial charge is 0.497 e. The van der Waals surface area contributed by atoms with Gasteiger partial charge in [-0.15, -0.1) is 0 Å². The number of benzene rings is 3. The molecule has 0 radical (unpaired) electrons. The highest BCUT2D eigenvalue weighted by Crippen LogP contribution is 2.21. The molecule has 0 aliphatic heterocycles. The number of hydrogen-bond donors (Lipinski definition) is 4. The lowest BCUT2D eigenvalue weighted by molar-refractivity contribution is 0.0911. The summed E-state index contributed by atoms with van der Waals surface area (Å²) in [6.07, 6.45) is -0.664. The van der Waals surface area contributed by atoms with Gasteiger partial charge in [0.15, 0.2) is 0 Å². The number of aliphatic hydroxyl groups excluding tert-OH is 1. The molecular formula is C28H31F2N3O3. The van der Waals surface area contributed by atoms with Gasteiger partial charge in [0, 0.05) is 36.6 Å². The van der Waals surface area contributed by atoms with Crippen LogP contribution in [0, 0.1) is 25.5 Å². The highest BCUT2D eigenvalue weighted by Gasteiger charge is 2.12. The zero-order valence-electron chi connectivity index (χ0n) is 20.6. The van der Waals surface area contributed by atoms with Crippen LogP contribution in [0.25, 0.3) is 10.9 Å². The molecule has 1 unspecified atom stereocenters. The molecule has 0 bridgehead atoms. The molecule has 0 spiro atoms. The number of carbonyl (C=O) groups excluding carboxylic acids is 1. The number of ether oxygens (including phenoxy) is 1. The molecule has 0 saturated carbocycles. The lowest BCUT2D eigenvalue weighted by Gasteiger charge is -2.13. The van der Waals surface area contributed by atoms with Crippen molar-refractivity contribution in [2.75, 3.05) is 20.2 Å². The molecular weight excluding hydrogens is 464 g/mol. The van der Waals surface area contributed by atoms with Gasteiger partial charge in [-0.05, 0) is 61.4 Å². The SMILES string of the molecule is COc1ccc2[nH]c(C(=O)NCC(O)CNCc3cccc(C)c3)cc2c1.Cc1cc(F)cc(F)c1. The summed E-state index contributed by atoms with van der Waals surface area (Å²) in [6, 6.07) is 19.0. The van der Waals surface area contributed by atoms with Gasteiger partial charge in [0.25, 0.3) is 5.91 Å². The van der Waals surface area contributed by atoms with Gasteiger partial charge in [0.2, 0.25) is 0 Å². The Morgan fingerprint density at radius 1 is 0.972 bits per heavy atom. The minimum absolute atomic E-state index is 0.179. The number of methoxy groups -OCH3 is 1. The summed E-state index contributed by atoms with van der Waals surface area (Å²) in [5, 5.41) is 16.9. The van der Waals surface area contributed by atoms with Crippen molar-refractivity contribution >= 4 is 16.8 Å². The molecule has 0 saturated heterocycles. The quantitative estimate of drug-likeness (QED) is 0.287. The van der Waals surface area contributed by atoms with Crippen LogP contribution >= 0.6 is 0 Å². The van der Waals surface area contributed by atoms with Crippen molar-refractivity contribution in [3.8, 4) is 5.75 Å². The fourth-order valence-electron chi connectivity index (χ4n) is 3.63. The Balaban J connectivity index is 0.000000338. The number of aromatic nitrogens is 1. The third-order valence-corrected chi connectivity index (χ3v) is 5.37. The number of amides is 1. The predicted molar refractivity (Wildman–Crippen MR) is 137 cm³/mol. The number of H-pyrrole nitrogens is 1. The minimum atomic E-state index is -0.664. The Hall–Kier alpha value is -3.75. The number of rotatable bonds is 8. The standard InChI is InChI=1S/C21H25N3O3.C7H6F2/c1-14-4-3-5-15(8-14)11-22-12-17(25)13-23-21(26)20-10-16-9-18(27-2)6-7-19(16)24-20;1-5-2-6(8)4-7(9)3-5/h3-10,17,22,24-25H,11-13H2,1-2H3,(H,23,26);2-4H,1H3. The second kappa shape index (κ2) is 12.8. The molecule has 1 heterocycles. The number of halogens is 2. The molecule has 36 heavy (non-hydrogen) atoms. The second-order valence-electron chi connectivity index (χ2n) is 8.57. The normalized spacial score (nSPS) is 11.5. The Morgan fingerprint density at radius 2 is 1.72 bits per heavy atom. The number of nitrogens with one attached hydrogen (secondary N) is 3. The van der Waals surface area contributed by atoms with Crippen LogP contribution in [0.5, 0.6) is 5.75 Å². The van der Waals surface area contributed by atoms with Crippen LogP contribution in [-0.2, 0) is 6.54 Å². The van der Waals surface area contributed by atoms with E-state index < -0.39 is 17.7 Å². The van der Waals surface area contributed by atoms with Crippen molar-refractivity contribution < 1.29 is 23.4 Å². The van der Waals surface area contributed by atoms with Crippen molar-refractivity contribution in [1.29, 1.82) is 0 Å². The first-order valence-corrected chi connectivity index (χ1v) is 11.6. The molecule has 190 valence electrons. The summed E-state index contributed by atoms with van der Waals surface area (Å²) in [7, 11) is 1.61. The summed E-state index contributed by atoms with van der Waals surface area (Å²) in [5.74, 6) is -0.550. The van der Waals surface area contributed by atoms with Crippen LogP contribution in [0.4, 0.5) is 8.78 Å². The van der Waals surface area contributed by atoms with Crippen molar-refractivity contribution in [2.45, 2.75) is 26.5 Å². The van der Waals surface area contributed by atoms with E-state index in [2.05, 4.69) is 21.7 Å². The van der Waals surface area contributed by atoms with Crippen LogP contribution in [-0.4, -0.2) is 42.3 Å². The Labute approximate surface area is 209 Å². The molecule has 3 aromatic carbocycles. The van der Waals surface area contributed by atoms with E-state index in [0.717, 1.165) is 22.7 Å². The second-order valence-corrected chi connectivity index (χ2v) is 8.57. The van der Waals surface area contributed by atoms with Gasteiger partial charge >= 0.3 is 0 Å². The molecule has 1 atom stereocenters. The number of hydrogen-bond acceptors (Lipinski definition) is 4. The number of carbonyl (C=O) groups is 1. The Morgan fingerprint density at radius 3 is 2.39 bits per heavy atom. The smallest absolute Gasteiger partial charge is 0.267 e. The maximum absolute atomic E-state index is 12.3. The Bertz CT molecular complexity index is 1260. The van der Waals surface area contributed by atoms with Crippen LogP contribution in [0.1, 0.15) is 27.2 Å². The maximum atomic E-state index is 12.3. The van der Waals surface area contributed by atoms with Gasteiger partial charge in [0.1, 0.15) is 23.1 Å². The van der Waals surface area contributed by atoms with Gasteiger partial charge < -0.3 is 25.5 Å². The summed E-state index contributed by atoms with van der Waals surface area (Å²) in [6.45, 7) is 4.95. The van der Waals surface area contributed by atoms with Crippen molar-refractivity contribution in [3.05, 3.63) is 101 Å². The van der Waals surface area contributed by atoms with Crippen LogP contribution < -0.4 is 15.4 Å². The lowest BCUT2D eigenvalue weighted by Crippen LogP contribution is -2.38. The van der Waals surface area contributed by atoms with Gasteiger partial charge in [-0.25, -0.2) is 8.78 Å². The van der Waals surface area contributed by atoms with E-state index >= 15 is 0 Å². The van der Waals surface area contributed by atoms with Crippen LogP contribution in [0.2, 0.25) is 0 Å². The fraction of sp³-hybridized carbons (Fsp3) is 0.250. The van der Waals surface area contributed by atoms with Gasteiger partial charge in [-0.1, -0.05) is 29.8 Å². The van der Waals surface area contributed by atoms with E-state index in [9.17, 15) is 18.7 Å². The first-order chi connectivity index (χ1) is 17.2. The van der Waals surface area contributed by atoms with Crippen molar-refractivity contribution in [1.82, 2.24) is 15.6 Å². The van der Waals surface area contributed by atoms with Gasteiger partial charge in [-0.3, -0.25) is 4.79 Å². The minimum Gasteiger partial charge on any atom is -0.497 e. The average Bonchev–Trinajstić information content (AvgIpc) is 3.25. The number of aromatic amines is 1. The third-order valence-electron chi connectivity index (χ3n) is 5.37. The molecule has 4 aromatic rings. The summed E-state index contributed by atoms with van der Waals surface area (Å²) in [5.41, 5.74) is 4.30. The van der Waals surface area contributed by atoms with Crippen LogP contribution in [0.15, 0.2) is 66.7 Å². The average molecular weight is 496 g/mol. The molecule has 0 fully saturated rings. The lowest BCUT2D eigenvalue weighted by atomic mass is 10.1. The van der Waals surface area contributed by atoms with E-state index in [-0.39, 0.29) is 12.5 Å². The molecule has 0 aliphatic rings. The van der Waals surface area contributed by atoms with E-state index in [1.54, 1.807) is 20.1 Å². The summed E-state index contributed by atoms with van der Waals surface area (Å²) >= 11 is 0. The van der Waals surface area contributed by atoms with Crippen molar-refractivity contribution in [2.24, 2.45) is 0 Å². The van der Waals surface area contributed by atoms with E-state index in [1.165, 1.54) is 23.3 Å². The van der Waals surface area contributed by atoms with Gasteiger partial charge in [0.05, 0.1) is 13.2 Å². The van der Waals surface area contributed by atoms with E-state index in [4.69, 9.17) is 4.74 Å². The molecule has 4 N–H and O–H groups in total. The van der Waals surface area contributed by atoms with E-state index in [0.29, 0.717) is 24.3 Å². The number of aryl methyl sites for hydroxylation is 2. The van der Waals surface area contributed by atoms with Crippen molar-refractivity contribution in [3.63, 3.8) is 0 Å². The third kappa shape index (κ3) is 8.18. The molecule has 1 aromatic heterocycles. The zero-order chi connectivity index (χ0) is 26.1. The van der Waals surface area contributed by atoms with Gasteiger partial charge in [-0.2, -0.15) is 0 Å². The molecule has 1 amide bonds. The monoisotopic (exact) mass is 495 g/mol. The summed E-state index contributed by atoms with van der Waals surface area (Å²) < 4.78 is 29.6. The fourth-order valence-corrected chi connectivity index (χ4v) is 3.63. The first kappa shape index (κ1) is 26.8. The predicted octanol–water partition coefficient (Wildman–Crippen LogP) is 4.64. The Kier molecular flexibility index (Phi) is 9.55. The molecule has 6 nitrogen and oxygen atoms in total. The maximum Gasteiger partial charge on any atom is 0.267 e. The molecule has 8 heteroatoms.